The second kappa shape index (κ2) is 5.52. The molecule has 2 aromatic carbocycles. The molecule has 0 aliphatic carbocycles. The molecule has 1 N–H and O–H groups in total. The molecule has 98 valence electrons. The van der Waals surface area contributed by atoms with Gasteiger partial charge in [0.2, 0.25) is 0 Å². The lowest BCUT2D eigenvalue weighted by atomic mass is 9.97. The molecule has 4 nitrogen and oxygen atoms in total. The Balaban J connectivity index is 2.44. The van der Waals surface area contributed by atoms with Gasteiger partial charge in [-0.15, -0.1) is 0 Å². The molecule has 0 aliphatic rings. The Bertz CT molecular complexity index is 631. The van der Waals surface area contributed by atoms with E-state index in [1.807, 2.05) is 12.1 Å². The molecule has 0 radical (unpaired) electrons. The highest BCUT2D eigenvalue weighted by Crippen LogP contribution is 2.24. The van der Waals surface area contributed by atoms with Crippen molar-refractivity contribution in [1.82, 2.24) is 0 Å². The third kappa shape index (κ3) is 2.73. The molecule has 0 amide bonds. The number of methoxy groups -OCH3 is 1. The lowest BCUT2D eigenvalue weighted by Crippen LogP contribution is -2.03. The van der Waals surface area contributed by atoms with E-state index in [2.05, 4.69) is 4.74 Å². The zero-order valence-electron chi connectivity index (χ0n) is 10.6. The number of carbonyl (C=O) groups excluding carboxylic acids is 1. The van der Waals surface area contributed by atoms with E-state index in [0.29, 0.717) is 11.8 Å². The lowest BCUT2D eigenvalue weighted by molar-refractivity contribution is -0.140. The first-order chi connectivity index (χ1) is 9.13. The Morgan fingerprint density at radius 3 is 2.42 bits per heavy atom. The summed E-state index contributed by atoms with van der Waals surface area (Å²) in [7, 11) is 1.36. The second-order valence-corrected chi connectivity index (χ2v) is 4.20. The van der Waals surface area contributed by atoms with Crippen LogP contribution in [0.5, 0.6) is 0 Å². The van der Waals surface area contributed by atoms with Crippen LogP contribution in [0.1, 0.15) is 22.3 Å². The Morgan fingerprint density at radius 1 is 1.11 bits per heavy atom. The zero-order chi connectivity index (χ0) is 13.8. The molecule has 0 atom stereocenters. The van der Waals surface area contributed by atoms with E-state index in [9.17, 15) is 9.59 Å². The van der Waals surface area contributed by atoms with Gasteiger partial charge in [0.1, 0.15) is 0 Å². The molecule has 2 aromatic rings. The minimum atomic E-state index is -0.948. The first kappa shape index (κ1) is 13.1. The Hall–Kier alpha value is -2.36. The number of aryl methyl sites for hydroxylation is 1. The molecule has 0 aromatic heterocycles. The first-order valence-corrected chi connectivity index (χ1v) is 5.94. The summed E-state index contributed by atoms with van der Waals surface area (Å²) < 4.78 is 4.61. The van der Waals surface area contributed by atoms with Crippen LogP contribution in [0.25, 0.3) is 10.8 Å². The fourth-order valence-corrected chi connectivity index (χ4v) is 2.10. The van der Waals surface area contributed by atoms with Gasteiger partial charge in [0, 0.05) is 6.42 Å². The van der Waals surface area contributed by atoms with E-state index in [1.54, 1.807) is 24.3 Å². The maximum atomic E-state index is 11.2. The number of esters is 1. The van der Waals surface area contributed by atoms with Crippen molar-refractivity contribution in [2.24, 2.45) is 0 Å². The summed E-state index contributed by atoms with van der Waals surface area (Å²) in [6.07, 6.45) is 0.819. The van der Waals surface area contributed by atoms with Gasteiger partial charge in [-0.2, -0.15) is 0 Å². The quantitative estimate of drug-likeness (QED) is 0.856. The normalized spacial score (nSPS) is 10.4. The average Bonchev–Trinajstić information content (AvgIpc) is 2.43. The second-order valence-electron chi connectivity index (χ2n) is 4.20. The highest BCUT2D eigenvalue weighted by Gasteiger charge is 2.11. The predicted molar refractivity (Wildman–Crippen MR) is 71.2 cm³/mol. The number of carboxylic acids is 1. The van der Waals surface area contributed by atoms with E-state index in [0.717, 1.165) is 10.9 Å². The molecule has 0 saturated heterocycles. The molecule has 0 spiro atoms. The predicted octanol–water partition coefficient (Wildman–Crippen LogP) is 2.64. The number of hydrogen-bond acceptors (Lipinski definition) is 3. The third-order valence-electron chi connectivity index (χ3n) is 3.07. The van der Waals surface area contributed by atoms with Crippen molar-refractivity contribution in [3.63, 3.8) is 0 Å². The van der Waals surface area contributed by atoms with Crippen molar-refractivity contribution < 1.29 is 19.4 Å². The van der Waals surface area contributed by atoms with E-state index >= 15 is 0 Å². The maximum Gasteiger partial charge on any atom is 0.336 e. The summed E-state index contributed by atoms with van der Waals surface area (Å²) >= 11 is 0. The Morgan fingerprint density at radius 2 is 1.79 bits per heavy atom. The summed E-state index contributed by atoms with van der Waals surface area (Å²) in [4.78, 5) is 22.3. The van der Waals surface area contributed by atoms with E-state index in [1.165, 1.54) is 7.11 Å². The summed E-state index contributed by atoms with van der Waals surface area (Å²) in [6.45, 7) is 0. The van der Waals surface area contributed by atoms with Crippen LogP contribution in [0.15, 0.2) is 36.4 Å². The van der Waals surface area contributed by atoms with Crippen LogP contribution in [-0.4, -0.2) is 24.2 Å². The summed E-state index contributed by atoms with van der Waals surface area (Å²) in [6, 6.07) is 10.6. The number of hydrogen-bond donors (Lipinski definition) is 1. The van der Waals surface area contributed by atoms with Gasteiger partial charge in [-0.3, -0.25) is 4.79 Å². The Kier molecular flexibility index (Phi) is 3.80. The molecule has 0 fully saturated rings. The summed E-state index contributed by atoms with van der Waals surface area (Å²) in [5.74, 6) is -1.22. The maximum absolute atomic E-state index is 11.2. The van der Waals surface area contributed by atoms with Crippen LogP contribution in [0.2, 0.25) is 0 Å². The highest BCUT2D eigenvalue weighted by atomic mass is 16.5. The largest absolute Gasteiger partial charge is 0.478 e. The summed E-state index contributed by atoms with van der Waals surface area (Å²) in [5.41, 5.74) is 1.23. The molecule has 0 bridgehead atoms. The van der Waals surface area contributed by atoms with Gasteiger partial charge in [-0.1, -0.05) is 30.3 Å². The van der Waals surface area contributed by atoms with Crippen LogP contribution in [0.3, 0.4) is 0 Å². The van der Waals surface area contributed by atoms with E-state index < -0.39 is 5.97 Å². The smallest absolute Gasteiger partial charge is 0.336 e. The van der Waals surface area contributed by atoms with E-state index in [4.69, 9.17) is 5.11 Å². The van der Waals surface area contributed by atoms with Crippen LogP contribution in [-0.2, 0) is 16.0 Å². The molecular weight excluding hydrogens is 244 g/mol. The minimum absolute atomic E-state index is 0.272. The number of ether oxygens (including phenoxy) is 1. The minimum Gasteiger partial charge on any atom is -0.478 e. The van der Waals surface area contributed by atoms with Gasteiger partial charge >= 0.3 is 11.9 Å². The molecular formula is C15H14O4. The van der Waals surface area contributed by atoms with Crippen molar-refractivity contribution in [2.75, 3.05) is 7.11 Å². The van der Waals surface area contributed by atoms with Crippen molar-refractivity contribution >= 4 is 22.7 Å². The van der Waals surface area contributed by atoms with Crippen LogP contribution >= 0.6 is 0 Å². The fraction of sp³-hybridized carbons (Fsp3) is 0.200. The molecule has 4 heteroatoms. The standard InChI is InChI=1S/C15H14O4/c1-19-14(16)9-7-10-6-8-13(15(17)18)12-5-3-2-4-11(10)12/h2-6,8H,7,9H2,1H3,(H,17,18). The monoisotopic (exact) mass is 258 g/mol. The van der Waals surface area contributed by atoms with Crippen LogP contribution in [0.4, 0.5) is 0 Å². The van der Waals surface area contributed by atoms with Crippen molar-refractivity contribution in [3.8, 4) is 0 Å². The Labute approximate surface area is 110 Å². The lowest BCUT2D eigenvalue weighted by Gasteiger charge is -2.08. The molecule has 2 rings (SSSR count). The SMILES string of the molecule is COC(=O)CCc1ccc(C(=O)O)c2ccccc12. The average molecular weight is 258 g/mol. The van der Waals surface area contributed by atoms with Crippen molar-refractivity contribution in [3.05, 3.63) is 47.5 Å². The van der Waals surface area contributed by atoms with Crippen LogP contribution < -0.4 is 0 Å². The number of rotatable bonds is 4. The van der Waals surface area contributed by atoms with Crippen LogP contribution in [0, 0.1) is 0 Å². The van der Waals surface area contributed by atoms with Gasteiger partial charge in [-0.05, 0) is 28.8 Å². The summed E-state index contributed by atoms with van der Waals surface area (Å²) in [5, 5.41) is 10.7. The number of carbonyl (C=O) groups is 2. The van der Waals surface area contributed by atoms with Crippen molar-refractivity contribution in [2.45, 2.75) is 12.8 Å². The van der Waals surface area contributed by atoms with Crippen molar-refractivity contribution in [1.29, 1.82) is 0 Å². The van der Waals surface area contributed by atoms with Gasteiger partial charge in [0.05, 0.1) is 12.7 Å². The number of fused-ring (bicyclic) bond motifs is 1. The molecule has 0 aliphatic heterocycles. The van der Waals surface area contributed by atoms with Gasteiger partial charge in [0.15, 0.2) is 0 Å². The molecule has 0 unspecified atom stereocenters. The number of aromatic carboxylic acids is 1. The van der Waals surface area contributed by atoms with Gasteiger partial charge in [-0.25, -0.2) is 4.79 Å². The zero-order valence-corrected chi connectivity index (χ0v) is 10.6. The first-order valence-electron chi connectivity index (χ1n) is 5.94. The third-order valence-corrected chi connectivity index (χ3v) is 3.07. The molecule has 0 saturated carbocycles. The van der Waals surface area contributed by atoms with Gasteiger partial charge in [0.25, 0.3) is 0 Å². The number of carboxylic acid groups (broad SMARTS) is 1. The topological polar surface area (TPSA) is 63.6 Å². The number of benzene rings is 2. The fourth-order valence-electron chi connectivity index (χ4n) is 2.10. The molecule has 19 heavy (non-hydrogen) atoms. The highest BCUT2D eigenvalue weighted by molar-refractivity contribution is 6.04. The van der Waals surface area contributed by atoms with E-state index in [-0.39, 0.29) is 18.0 Å². The van der Waals surface area contributed by atoms with Gasteiger partial charge < -0.3 is 9.84 Å². The molecule has 0 heterocycles.